The summed E-state index contributed by atoms with van der Waals surface area (Å²) in [6, 6.07) is 53.3. The molecule has 0 radical (unpaired) electrons. The topological polar surface area (TPSA) is 77.4 Å². The number of fused-ring (bicyclic) bond motifs is 1. The molecule has 2 heterocycles. The Morgan fingerprint density at radius 3 is 0.798 bits per heavy atom. The van der Waals surface area contributed by atoms with Crippen LogP contribution in [0.5, 0.6) is 23.0 Å². The highest BCUT2D eigenvalue weighted by Gasteiger charge is 2.38. The summed E-state index contributed by atoms with van der Waals surface area (Å²) in [5.41, 5.74) is 3.57. The Hall–Kier alpha value is -5.90. The van der Waals surface area contributed by atoms with Crippen LogP contribution in [0.25, 0.3) is 30.3 Å². The predicted molar refractivity (Wildman–Crippen MR) is 356 cm³/mol. The third-order valence-corrected chi connectivity index (χ3v) is 18.9. The average molecular weight is 1170 g/mol. The van der Waals surface area contributed by atoms with E-state index in [1.165, 1.54) is 128 Å². The minimum Gasteiger partial charge on any atom is -0.494 e. The lowest BCUT2D eigenvalue weighted by atomic mass is 9.78. The molecule has 0 unspecified atom stereocenters. The number of benzene rings is 6. The first kappa shape index (κ1) is 64.1. The lowest BCUT2D eigenvalue weighted by molar-refractivity contribution is 0.126. The van der Waals surface area contributed by atoms with Crippen molar-refractivity contribution >= 4 is 32.1 Å². The molecule has 8 heteroatoms. The summed E-state index contributed by atoms with van der Waals surface area (Å²) < 4.78 is 27.3. The Bertz CT molecular complexity index is 2740. The van der Waals surface area contributed by atoms with Gasteiger partial charge in [-0.3, -0.25) is 0 Å². The first-order valence-electron chi connectivity index (χ1n) is 32.4. The van der Waals surface area contributed by atoms with Crippen molar-refractivity contribution in [2.75, 3.05) is 26.4 Å². The summed E-state index contributed by atoms with van der Waals surface area (Å²) >= 11 is 3.46. The van der Waals surface area contributed by atoms with Crippen LogP contribution in [-0.2, 0) is 11.2 Å². The molecule has 0 saturated carbocycles. The summed E-state index contributed by atoms with van der Waals surface area (Å²) in [6.45, 7) is 11.7. The van der Waals surface area contributed by atoms with Crippen molar-refractivity contribution in [2.24, 2.45) is 0 Å². The molecule has 0 bridgehead atoms. The Labute approximate surface area is 512 Å². The summed E-state index contributed by atoms with van der Waals surface area (Å²) in [5.74, 6) is 3.22. The van der Waals surface area contributed by atoms with Gasteiger partial charge in [-0.05, 0) is 120 Å². The molecule has 8 aromatic rings. The molecule has 0 aliphatic heterocycles. The van der Waals surface area contributed by atoms with Crippen molar-refractivity contribution in [1.82, 2.24) is 0 Å². The Morgan fingerprint density at radius 1 is 0.298 bits per heavy atom. The van der Waals surface area contributed by atoms with Crippen molar-refractivity contribution in [3.8, 4) is 43.9 Å². The molecular formula is C76H96O6S2. The van der Waals surface area contributed by atoms with Crippen LogP contribution in [0.4, 0.5) is 0 Å². The molecule has 2 N–H and O–H groups in total. The standard InChI is InChI=1S/C76H96O6S2/c1-5-9-13-17-21-29-53-79-63-45-37-59(38-46-63)75(77,60-39-47-64(48-40-60)80-54-30-22-18-14-10-6-2)69-35-27-25-33-67(69)71-57-73-74(83-71)58-72(84-73)68-34-26-28-36-70(68)76(78,61-41-49-65(50-42-61)81-55-31-23-19-15-11-7-3)62-43-51-66(52-44-62)82-56-32-24-20-16-12-8-4/h25-28,33-52,57-58,77-78H,5-24,29-32,53-56H2,1-4H3. The summed E-state index contributed by atoms with van der Waals surface area (Å²) in [4.78, 5) is 2.13. The molecular weight excluding hydrogens is 1070 g/mol. The second-order valence-corrected chi connectivity index (χ2v) is 25.2. The third kappa shape index (κ3) is 17.6. The first-order chi connectivity index (χ1) is 41.3. The maximum Gasteiger partial charge on any atom is 0.141 e. The number of ether oxygens (including phenoxy) is 4. The van der Waals surface area contributed by atoms with Crippen molar-refractivity contribution < 1.29 is 29.2 Å². The highest BCUT2D eigenvalue weighted by atomic mass is 32.1. The maximum atomic E-state index is 13.6. The van der Waals surface area contributed by atoms with Crippen molar-refractivity contribution in [3.05, 3.63) is 191 Å². The van der Waals surface area contributed by atoms with E-state index >= 15 is 0 Å². The first-order valence-corrected chi connectivity index (χ1v) is 34.0. The molecule has 6 nitrogen and oxygen atoms in total. The van der Waals surface area contributed by atoms with Gasteiger partial charge < -0.3 is 29.2 Å². The van der Waals surface area contributed by atoms with Crippen LogP contribution in [-0.4, -0.2) is 36.6 Å². The molecule has 0 amide bonds. The Kier molecular flexibility index (Phi) is 26.2. The van der Waals surface area contributed by atoms with Gasteiger partial charge in [-0.1, -0.05) is 253 Å². The smallest absolute Gasteiger partial charge is 0.141 e. The minimum atomic E-state index is -1.51. The van der Waals surface area contributed by atoms with Gasteiger partial charge in [0.15, 0.2) is 0 Å². The molecule has 0 spiro atoms. The predicted octanol–water partition coefficient (Wildman–Crippen LogP) is 21.8. The summed E-state index contributed by atoms with van der Waals surface area (Å²) in [7, 11) is 0. The Morgan fingerprint density at radius 2 is 0.536 bits per heavy atom. The van der Waals surface area contributed by atoms with Gasteiger partial charge in [0.1, 0.15) is 34.2 Å². The van der Waals surface area contributed by atoms with Crippen LogP contribution < -0.4 is 18.9 Å². The second-order valence-electron chi connectivity index (χ2n) is 23.0. The molecule has 84 heavy (non-hydrogen) atoms. The lowest BCUT2D eigenvalue weighted by Gasteiger charge is -2.32. The normalized spacial score (nSPS) is 11.8. The fraction of sp³-hybridized carbons (Fsp3) is 0.447. The van der Waals surface area contributed by atoms with Crippen LogP contribution in [0.1, 0.15) is 215 Å². The van der Waals surface area contributed by atoms with Gasteiger partial charge in [0, 0.05) is 30.3 Å². The van der Waals surface area contributed by atoms with Gasteiger partial charge in [0.05, 0.1) is 26.4 Å². The maximum absolute atomic E-state index is 13.6. The fourth-order valence-electron chi connectivity index (χ4n) is 11.5. The number of unbranched alkanes of at least 4 members (excludes halogenated alkanes) is 20. The monoisotopic (exact) mass is 1170 g/mol. The number of hydrogen-bond acceptors (Lipinski definition) is 8. The van der Waals surface area contributed by atoms with E-state index < -0.39 is 11.2 Å². The minimum absolute atomic E-state index is 0.675. The van der Waals surface area contributed by atoms with Crippen molar-refractivity contribution in [2.45, 2.75) is 193 Å². The van der Waals surface area contributed by atoms with Crippen molar-refractivity contribution in [1.29, 1.82) is 0 Å². The van der Waals surface area contributed by atoms with Gasteiger partial charge in [0.25, 0.3) is 0 Å². The van der Waals surface area contributed by atoms with E-state index in [0.717, 1.165) is 112 Å². The van der Waals surface area contributed by atoms with E-state index in [9.17, 15) is 10.2 Å². The number of rotatable bonds is 40. The zero-order valence-electron chi connectivity index (χ0n) is 51.2. The largest absolute Gasteiger partial charge is 0.494 e. The molecule has 448 valence electrons. The highest BCUT2D eigenvalue weighted by Crippen LogP contribution is 2.49. The van der Waals surface area contributed by atoms with Crippen LogP contribution in [0.3, 0.4) is 0 Å². The lowest BCUT2D eigenvalue weighted by Crippen LogP contribution is -2.29. The van der Waals surface area contributed by atoms with E-state index in [1.807, 2.05) is 109 Å². The van der Waals surface area contributed by atoms with E-state index in [1.54, 1.807) is 22.7 Å². The van der Waals surface area contributed by atoms with E-state index in [0.29, 0.717) is 26.4 Å². The summed E-state index contributed by atoms with van der Waals surface area (Å²) in [5, 5.41) is 27.2. The van der Waals surface area contributed by atoms with Crippen LogP contribution in [0.15, 0.2) is 158 Å². The highest BCUT2D eigenvalue weighted by molar-refractivity contribution is 7.31. The quantitative estimate of drug-likeness (QED) is 0.0294. The summed E-state index contributed by atoms with van der Waals surface area (Å²) in [6.07, 6.45) is 29.0. The number of aliphatic hydroxyl groups is 2. The van der Waals surface area contributed by atoms with E-state index in [2.05, 4.69) is 76.2 Å². The van der Waals surface area contributed by atoms with Gasteiger partial charge >= 0.3 is 0 Å². The molecule has 8 rings (SSSR count). The van der Waals surface area contributed by atoms with Gasteiger partial charge in [-0.2, -0.15) is 0 Å². The van der Waals surface area contributed by atoms with Crippen LogP contribution in [0.2, 0.25) is 0 Å². The number of thiophene rings is 2. The Balaban J connectivity index is 1.08. The van der Waals surface area contributed by atoms with Gasteiger partial charge in [0.2, 0.25) is 0 Å². The number of hydrogen-bond donors (Lipinski definition) is 2. The van der Waals surface area contributed by atoms with E-state index in [4.69, 9.17) is 18.9 Å². The molecule has 0 atom stereocenters. The zero-order valence-corrected chi connectivity index (χ0v) is 52.8. The van der Waals surface area contributed by atoms with Crippen LogP contribution >= 0.6 is 22.7 Å². The molecule has 0 saturated heterocycles. The third-order valence-electron chi connectivity index (χ3n) is 16.5. The van der Waals surface area contributed by atoms with Crippen molar-refractivity contribution in [3.63, 3.8) is 0 Å². The van der Waals surface area contributed by atoms with Crippen LogP contribution in [0, 0.1) is 0 Å². The molecule has 0 aliphatic carbocycles. The molecule has 6 aromatic carbocycles. The fourth-order valence-corrected chi connectivity index (χ4v) is 14.0. The SMILES string of the molecule is CCCCCCCCOc1ccc(C(O)(c2ccc(OCCCCCCCC)cc2)c2ccccc2-c2cc3sc(-c4ccccc4C(O)(c4ccc(OCCCCCCCC)cc4)c4ccc(OCCCCCCCC)cc4)cc3s2)cc1. The zero-order chi connectivity index (χ0) is 58.7. The van der Waals surface area contributed by atoms with Gasteiger partial charge in [-0.25, -0.2) is 0 Å². The molecule has 2 aromatic heterocycles. The second kappa shape index (κ2) is 34.3. The molecule has 0 fully saturated rings. The van der Waals surface area contributed by atoms with E-state index in [-0.39, 0.29) is 0 Å². The average Bonchev–Trinajstić information content (AvgIpc) is 4.02. The van der Waals surface area contributed by atoms with Gasteiger partial charge in [-0.15, -0.1) is 22.7 Å². The molecule has 0 aliphatic rings.